The molecule has 0 spiro atoms. The Labute approximate surface area is 92.8 Å². The minimum atomic E-state index is 0.484. The van der Waals surface area contributed by atoms with Gasteiger partial charge in [-0.25, -0.2) is 0 Å². The molecule has 1 N–H and O–H groups in total. The van der Waals surface area contributed by atoms with Gasteiger partial charge in [-0.1, -0.05) is 17.8 Å². The SMILES string of the molecule is CC(Cc1cccs1)NC1=NCCS1. The summed E-state index contributed by atoms with van der Waals surface area (Å²) in [5.41, 5.74) is 0. The van der Waals surface area contributed by atoms with Crippen LogP contribution in [0.1, 0.15) is 11.8 Å². The number of nitrogens with zero attached hydrogens (tertiary/aromatic N) is 1. The van der Waals surface area contributed by atoms with Gasteiger partial charge in [-0.3, -0.25) is 4.99 Å². The van der Waals surface area contributed by atoms with E-state index >= 15 is 0 Å². The summed E-state index contributed by atoms with van der Waals surface area (Å²) in [4.78, 5) is 5.82. The monoisotopic (exact) mass is 226 g/mol. The number of thioether (sulfide) groups is 1. The standard InChI is InChI=1S/C10H14N2S2/c1-8(7-9-3-2-5-13-9)12-10-11-4-6-14-10/h2-3,5,8H,4,6-7H2,1H3,(H,11,12). The number of amidine groups is 1. The summed E-state index contributed by atoms with van der Waals surface area (Å²) >= 11 is 3.65. The van der Waals surface area contributed by atoms with Crippen LogP contribution in [0.2, 0.25) is 0 Å². The van der Waals surface area contributed by atoms with Crippen LogP contribution < -0.4 is 5.32 Å². The number of thiophene rings is 1. The molecule has 76 valence electrons. The van der Waals surface area contributed by atoms with Crippen LogP contribution in [0, 0.1) is 0 Å². The second kappa shape index (κ2) is 4.84. The molecule has 14 heavy (non-hydrogen) atoms. The van der Waals surface area contributed by atoms with Crippen molar-refractivity contribution in [1.82, 2.24) is 5.32 Å². The maximum absolute atomic E-state index is 4.38. The fourth-order valence-electron chi connectivity index (χ4n) is 1.41. The fourth-order valence-corrected chi connectivity index (χ4v) is 3.09. The van der Waals surface area contributed by atoms with Gasteiger partial charge < -0.3 is 5.32 Å². The van der Waals surface area contributed by atoms with Gasteiger partial charge in [-0.2, -0.15) is 0 Å². The first kappa shape index (κ1) is 10.1. The van der Waals surface area contributed by atoms with E-state index < -0.39 is 0 Å². The van der Waals surface area contributed by atoms with Gasteiger partial charge in [0.15, 0.2) is 5.17 Å². The molecule has 0 saturated heterocycles. The van der Waals surface area contributed by atoms with Crippen molar-refractivity contribution >= 4 is 28.3 Å². The van der Waals surface area contributed by atoms with Crippen LogP contribution in [-0.4, -0.2) is 23.5 Å². The minimum absolute atomic E-state index is 0.484. The highest BCUT2D eigenvalue weighted by atomic mass is 32.2. The molecule has 0 amide bonds. The third-order valence-corrected chi connectivity index (χ3v) is 3.85. The predicted octanol–water partition coefficient (Wildman–Crippen LogP) is 2.37. The van der Waals surface area contributed by atoms with Crippen LogP contribution in [0.25, 0.3) is 0 Å². The zero-order valence-corrected chi connectivity index (χ0v) is 9.83. The highest BCUT2D eigenvalue weighted by molar-refractivity contribution is 8.14. The summed E-state index contributed by atoms with van der Waals surface area (Å²) in [6.45, 7) is 3.18. The second-order valence-corrected chi connectivity index (χ2v) is 5.48. The van der Waals surface area contributed by atoms with Gasteiger partial charge in [-0.15, -0.1) is 11.3 Å². The maximum atomic E-state index is 4.38. The van der Waals surface area contributed by atoms with E-state index in [-0.39, 0.29) is 0 Å². The molecule has 2 rings (SSSR count). The van der Waals surface area contributed by atoms with E-state index in [0.717, 1.165) is 23.9 Å². The first-order valence-electron chi connectivity index (χ1n) is 4.81. The van der Waals surface area contributed by atoms with E-state index in [9.17, 15) is 0 Å². The van der Waals surface area contributed by atoms with Gasteiger partial charge in [0.05, 0.1) is 6.54 Å². The molecule has 2 nitrogen and oxygen atoms in total. The first-order valence-corrected chi connectivity index (χ1v) is 6.67. The predicted molar refractivity (Wildman–Crippen MR) is 65.4 cm³/mol. The van der Waals surface area contributed by atoms with E-state index in [1.54, 1.807) is 0 Å². The quantitative estimate of drug-likeness (QED) is 0.855. The molecule has 0 aliphatic carbocycles. The van der Waals surface area contributed by atoms with Crippen LogP contribution >= 0.6 is 23.1 Å². The molecule has 1 atom stereocenters. The molecule has 0 saturated carbocycles. The minimum Gasteiger partial charge on any atom is -0.362 e. The number of rotatable bonds is 3. The van der Waals surface area contributed by atoms with Crippen LogP contribution in [0.4, 0.5) is 0 Å². The van der Waals surface area contributed by atoms with Gasteiger partial charge in [-0.05, 0) is 18.4 Å². The van der Waals surface area contributed by atoms with E-state index in [1.165, 1.54) is 4.88 Å². The molecule has 1 aromatic heterocycles. The van der Waals surface area contributed by atoms with Crippen molar-refractivity contribution in [3.8, 4) is 0 Å². The smallest absolute Gasteiger partial charge is 0.156 e. The van der Waals surface area contributed by atoms with E-state index in [2.05, 4.69) is 34.7 Å². The van der Waals surface area contributed by atoms with Crippen LogP contribution in [-0.2, 0) is 6.42 Å². The van der Waals surface area contributed by atoms with Gasteiger partial charge in [0.2, 0.25) is 0 Å². The lowest BCUT2D eigenvalue weighted by molar-refractivity contribution is 0.671. The topological polar surface area (TPSA) is 24.4 Å². The normalized spacial score (nSPS) is 17.9. The highest BCUT2D eigenvalue weighted by Gasteiger charge is 2.10. The molecule has 1 aromatic rings. The van der Waals surface area contributed by atoms with Crippen molar-refractivity contribution in [2.75, 3.05) is 12.3 Å². The van der Waals surface area contributed by atoms with Crippen molar-refractivity contribution in [2.24, 2.45) is 4.99 Å². The summed E-state index contributed by atoms with van der Waals surface area (Å²) < 4.78 is 0. The molecule has 0 radical (unpaired) electrons. The van der Waals surface area contributed by atoms with Crippen LogP contribution in [0.3, 0.4) is 0 Å². The Morgan fingerprint density at radius 2 is 2.57 bits per heavy atom. The van der Waals surface area contributed by atoms with E-state index in [4.69, 9.17) is 0 Å². The Bertz CT molecular complexity index is 306. The van der Waals surface area contributed by atoms with Gasteiger partial charge in [0.25, 0.3) is 0 Å². The van der Waals surface area contributed by atoms with Gasteiger partial charge >= 0.3 is 0 Å². The molecule has 0 aromatic carbocycles. The molecule has 1 aliphatic heterocycles. The molecule has 2 heterocycles. The molecule has 0 bridgehead atoms. The zero-order valence-electron chi connectivity index (χ0n) is 8.19. The largest absolute Gasteiger partial charge is 0.362 e. The third-order valence-electron chi connectivity index (χ3n) is 2.04. The van der Waals surface area contributed by atoms with Gasteiger partial charge in [0.1, 0.15) is 0 Å². The fraction of sp³-hybridized carbons (Fsp3) is 0.500. The Kier molecular flexibility index (Phi) is 3.48. The van der Waals surface area contributed by atoms with Crippen molar-refractivity contribution in [1.29, 1.82) is 0 Å². The molecular formula is C10H14N2S2. The molecule has 0 fully saturated rings. The summed E-state index contributed by atoms with van der Waals surface area (Å²) in [6.07, 6.45) is 1.09. The highest BCUT2D eigenvalue weighted by Crippen LogP contribution is 2.13. The average Bonchev–Trinajstić information content (AvgIpc) is 2.76. The molecule has 4 heteroatoms. The first-order chi connectivity index (χ1) is 6.84. The summed E-state index contributed by atoms with van der Waals surface area (Å²) in [5, 5.41) is 6.69. The molecular weight excluding hydrogens is 212 g/mol. The number of nitrogens with one attached hydrogen (secondary N) is 1. The average molecular weight is 226 g/mol. The number of hydrogen-bond donors (Lipinski definition) is 1. The maximum Gasteiger partial charge on any atom is 0.156 e. The van der Waals surface area contributed by atoms with Crippen molar-refractivity contribution in [2.45, 2.75) is 19.4 Å². The number of hydrogen-bond acceptors (Lipinski definition) is 4. The Balaban J connectivity index is 1.81. The van der Waals surface area contributed by atoms with Gasteiger partial charge in [0, 0.05) is 23.1 Å². The lowest BCUT2D eigenvalue weighted by Crippen LogP contribution is -2.31. The summed E-state index contributed by atoms with van der Waals surface area (Å²) in [5.74, 6) is 1.13. The van der Waals surface area contributed by atoms with Crippen molar-refractivity contribution < 1.29 is 0 Å². The second-order valence-electron chi connectivity index (χ2n) is 3.36. The lowest BCUT2D eigenvalue weighted by Gasteiger charge is -2.12. The van der Waals surface area contributed by atoms with Crippen LogP contribution in [0.5, 0.6) is 0 Å². The van der Waals surface area contributed by atoms with E-state index in [0.29, 0.717) is 6.04 Å². The Hall–Kier alpha value is -0.480. The lowest BCUT2D eigenvalue weighted by atomic mass is 10.2. The molecule has 1 unspecified atom stereocenters. The molecule has 1 aliphatic rings. The Morgan fingerprint density at radius 1 is 1.64 bits per heavy atom. The van der Waals surface area contributed by atoms with Crippen molar-refractivity contribution in [3.05, 3.63) is 22.4 Å². The third kappa shape index (κ3) is 2.75. The van der Waals surface area contributed by atoms with Crippen molar-refractivity contribution in [3.63, 3.8) is 0 Å². The zero-order chi connectivity index (χ0) is 9.80. The number of aliphatic imine (C=N–C) groups is 1. The summed E-state index contributed by atoms with van der Waals surface area (Å²) in [7, 11) is 0. The summed E-state index contributed by atoms with van der Waals surface area (Å²) in [6, 6.07) is 4.78. The Morgan fingerprint density at radius 3 is 3.21 bits per heavy atom. The van der Waals surface area contributed by atoms with E-state index in [1.807, 2.05) is 23.1 Å². The van der Waals surface area contributed by atoms with Crippen LogP contribution in [0.15, 0.2) is 22.5 Å².